The van der Waals surface area contributed by atoms with Crippen molar-refractivity contribution in [3.05, 3.63) is 77.9 Å². The van der Waals surface area contributed by atoms with E-state index in [-0.39, 0.29) is 0 Å². The zero-order valence-electron chi connectivity index (χ0n) is 17.1. The monoisotopic (exact) mass is 397 g/mol. The van der Waals surface area contributed by atoms with Crippen LogP contribution in [0.3, 0.4) is 0 Å². The second-order valence-corrected chi connectivity index (χ2v) is 8.52. The van der Waals surface area contributed by atoms with Gasteiger partial charge in [0.1, 0.15) is 0 Å². The Hall–Kier alpha value is -2.82. The molecule has 2 N–H and O–H groups in total. The van der Waals surface area contributed by atoms with E-state index in [1.54, 1.807) is 0 Å². The molecule has 1 fully saturated rings. The maximum Gasteiger partial charge on any atom is 0.0738 e. The first kappa shape index (κ1) is 18.0. The summed E-state index contributed by atoms with van der Waals surface area (Å²) in [6.45, 7) is 4.69. The van der Waals surface area contributed by atoms with E-state index in [4.69, 9.17) is 4.74 Å². The number of fused-ring (bicyclic) bond motifs is 3. The van der Waals surface area contributed by atoms with Crippen LogP contribution in [0.15, 0.2) is 66.7 Å². The number of piperidine rings is 1. The maximum atomic E-state index is 5.97. The van der Waals surface area contributed by atoms with Gasteiger partial charge in [0, 0.05) is 53.2 Å². The van der Waals surface area contributed by atoms with Crippen molar-refractivity contribution in [1.29, 1.82) is 0 Å². The first-order valence-electron chi connectivity index (χ1n) is 11.0. The molecule has 1 saturated heterocycles. The molecule has 0 amide bonds. The van der Waals surface area contributed by atoms with Crippen molar-refractivity contribution in [2.75, 3.05) is 36.5 Å². The summed E-state index contributed by atoms with van der Waals surface area (Å²) in [5, 5.41) is 7.35. The minimum absolute atomic E-state index is 0.566. The van der Waals surface area contributed by atoms with E-state index < -0.39 is 0 Å². The van der Waals surface area contributed by atoms with Crippen LogP contribution >= 0.6 is 0 Å². The van der Waals surface area contributed by atoms with Gasteiger partial charge in [-0.15, -0.1) is 0 Å². The molecule has 0 aromatic heterocycles. The summed E-state index contributed by atoms with van der Waals surface area (Å²) in [6.07, 6.45) is 1.21. The number of rotatable bonds is 3. The zero-order valence-corrected chi connectivity index (χ0v) is 17.1. The highest BCUT2D eigenvalue weighted by molar-refractivity contribution is 5.82. The van der Waals surface area contributed by atoms with Gasteiger partial charge in [-0.05, 0) is 42.3 Å². The third-order valence-corrected chi connectivity index (χ3v) is 6.78. The van der Waals surface area contributed by atoms with Gasteiger partial charge in [-0.1, -0.05) is 48.5 Å². The fourth-order valence-corrected chi connectivity index (χ4v) is 5.47. The number of anilines is 3. The van der Waals surface area contributed by atoms with E-state index >= 15 is 0 Å². The number of hydrogen-bond acceptors (Lipinski definition) is 4. The lowest BCUT2D eigenvalue weighted by Gasteiger charge is -2.33. The van der Waals surface area contributed by atoms with Gasteiger partial charge in [-0.25, -0.2) is 0 Å². The molecule has 30 heavy (non-hydrogen) atoms. The molecule has 2 atom stereocenters. The van der Waals surface area contributed by atoms with Gasteiger partial charge < -0.3 is 20.3 Å². The molecule has 0 radical (unpaired) electrons. The Morgan fingerprint density at radius 3 is 2.80 bits per heavy atom. The normalized spacial score (nSPS) is 22.2. The van der Waals surface area contributed by atoms with Crippen LogP contribution in [0.25, 0.3) is 11.1 Å². The first-order chi connectivity index (χ1) is 14.9. The van der Waals surface area contributed by atoms with Crippen LogP contribution in [0, 0.1) is 0 Å². The SMILES string of the molecule is c1ccc(-c2ccccc2Nc2cc3c4c(c2)[C@@H]2CNCC[C@@H]2N4CCOC3)cc1. The van der Waals surface area contributed by atoms with Crippen LogP contribution in [0.1, 0.15) is 23.5 Å². The Labute approximate surface area is 177 Å². The molecule has 3 aliphatic heterocycles. The Morgan fingerprint density at radius 1 is 1.00 bits per heavy atom. The number of nitrogens with one attached hydrogen (secondary N) is 2. The van der Waals surface area contributed by atoms with Gasteiger partial charge in [0.2, 0.25) is 0 Å². The van der Waals surface area contributed by atoms with Gasteiger partial charge >= 0.3 is 0 Å². The third kappa shape index (κ3) is 2.99. The fourth-order valence-electron chi connectivity index (χ4n) is 5.47. The second kappa shape index (κ2) is 7.46. The van der Waals surface area contributed by atoms with Crippen molar-refractivity contribution in [1.82, 2.24) is 5.32 Å². The topological polar surface area (TPSA) is 36.5 Å². The molecule has 4 nitrogen and oxygen atoms in total. The molecular weight excluding hydrogens is 370 g/mol. The highest BCUT2D eigenvalue weighted by Crippen LogP contribution is 2.47. The van der Waals surface area contributed by atoms with Crippen LogP contribution in [0.4, 0.5) is 17.1 Å². The summed E-state index contributed by atoms with van der Waals surface area (Å²) >= 11 is 0. The Kier molecular flexibility index (Phi) is 4.47. The Morgan fingerprint density at radius 2 is 1.87 bits per heavy atom. The highest BCUT2D eigenvalue weighted by atomic mass is 16.5. The van der Waals surface area contributed by atoms with E-state index in [0.29, 0.717) is 18.6 Å². The zero-order chi connectivity index (χ0) is 19.9. The van der Waals surface area contributed by atoms with Crippen LogP contribution < -0.4 is 15.5 Å². The molecule has 3 aliphatic rings. The number of nitrogens with zero attached hydrogens (tertiary/aromatic N) is 1. The molecule has 0 spiro atoms. The minimum Gasteiger partial charge on any atom is -0.375 e. The van der Waals surface area contributed by atoms with Gasteiger partial charge in [0.25, 0.3) is 0 Å². The first-order valence-corrected chi connectivity index (χ1v) is 11.0. The second-order valence-electron chi connectivity index (χ2n) is 8.52. The predicted molar refractivity (Wildman–Crippen MR) is 123 cm³/mol. The van der Waals surface area contributed by atoms with Gasteiger partial charge in [0.05, 0.1) is 13.2 Å². The Bertz CT molecular complexity index is 1070. The quantitative estimate of drug-likeness (QED) is 0.660. The van der Waals surface area contributed by atoms with E-state index in [1.165, 1.54) is 34.4 Å². The molecule has 4 heteroatoms. The van der Waals surface area contributed by atoms with Gasteiger partial charge in [0.15, 0.2) is 0 Å². The summed E-state index contributed by atoms with van der Waals surface area (Å²) in [4.78, 5) is 2.63. The minimum atomic E-state index is 0.566. The molecule has 0 aliphatic carbocycles. The lowest BCUT2D eigenvalue weighted by molar-refractivity contribution is 0.130. The predicted octanol–water partition coefficient (Wildman–Crippen LogP) is 4.89. The van der Waals surface area contributed by atoms with E-state index in [1.807, 2.05) is 0 Å². The van der Waals surface area contributed by atoms with Crippen molar-refractivity contribution in [3.8, 4) is 11.1 Å². The summed E-state index contributed by atoms with van der Waals surface area (Å²) < 4.78 is 5.97. The van der Waals surface area contributed by atoms with Crippen LogP contribution in [0.2, 0.25) is 0 Å². The molecule has 3 aromatic carbocycles. The summed E-state index contributed by atoms with van der Waals surface area (Å²) in [6, 6.07) is 24.4. The van der Waals surface area contributed by atoms with Crippen molar-refractivity contribution < 1.29 is 4.74 Å². The molecule has 152 valence electrons. The number of benzene rings is 3. The maximum absolute atomic E-state index is 5.97. The largest absolute Gasteiger partial charge is 0.375 e. The van der Waals surface area contributed by atoms with Crippen molar-refractivity contribution in [3.63, 3.8) is 0 Å². The lowest BCUT2D eigenvalue weighted by atomic mass is 9.89. The van der Waals surface area contributed by atoms with Crippen molar-refractivity contribution in [2.45, 2.75) is 25.0 Å². The average molecular weight is 398 g/mol. The number of para-hydroxylation sites is 1. The average Bonchev–Trinajstić information content (AvgIpc) is 2.96. The summed E-state index contributed by atoms with van der Waals surface area (Å²) in [5.74, 6) is 0.566. The number of hydrogen-bond donors (Lipinski definition) is 2. The molecule has 0 saturated carbocycles. The standard InChI is InChI=1S/C26H27N3O/c1-2-6-18(7-3-1)21-8-4-5-9-24(21)28-20-14-19-17-30-13-12-29-25-10-11-27-16-23(25)22(15-20)26(19)29/h1-9,14-15,23,25,27-28H,10-13,16-17H2/t23-,25-/m0/s1. The summed E-state index contributed by atoms with van der Waals surface area (Å²) in [5.41, 5.74) is 8.98. The molecule has 0 unspecified atom stereocenters. The van der Waals surface area contributed by atoms with Crippen LogP contribution in [0.5, 0.6) is 0 Å². The van der Waals surface area contributed by atoms with Gasteiger partial charge in [-0.3, -0.25) is 0 Å². The molecule has 0 bridgehead atoms. The molecule has 3 heterocycles. The van der Waals surface area contributed by atoms with E-state index in [9.17, 15) is 0 Å². The summed E-state index contributed by atoms with van der Waals surface area (Å²) in [7, 11) is 0. The van der Waals surface area contributed by atoms with Crippen molar-refractivity contribution >= 4 is 17.1 Å². The van der Waals surface area contributed by atoms with Crippen LogP contribution in [-0.2, 0) is 11.3 Å². The van der Waals surface area contributed by atoms with Crippen LogP contribution in [-0.4, -0.2) is 32.3 Å². The van der Waals surface area contributed by atoms with E-state index in [0.717, 1.165) is 37.6 Å². The molecular formula is C26H27N3O. The Balaban J connectivity index is 1.41. The third-order valence-electron chi connectivity index (χ3n) is 6.78. The van der Waals surface area contributed by atoms with Crippen molar-refractivity contribution in [2.24, 2.45) is 0 Å². The molecule has 6 rings (SSSR count). The van der Waals surface area contributed by atoms with Gasteiger partial charge in [-0.2, -0.15) is 0 Å². The van der Waals surface area contributed by atoms with E-state index in [2.05, 4.69) is 82.3 Å². The molecule has 3 aromatic rings. The smallest absolute Gasteiger partial charge is 0.0738 e. The highest BCUT2D eigenvalue weighted by Gasteiger charge is 2.41. The fraction of sp³-hybridized carbons (Fsp3) is 0.308. The lowest BCUT2D eigenvalue weighted by Crippen LogP contribution is -2.44. The number of ether oxygens (including phenoxy) is 1.